The van der Waals surface area contributed by atoms with E-state index >= 15 is 0 Å². The van der Waals surface area contributed by atoms with Crippen LogP contribution >= 0.6 is 0 Å². The molecule has 0 aliphatic carbocycles. The Kier molecular flexibility index (Phi) is 3.91. The highest BCUT2D eigenvalue weighted by molar-refractivity contribution is 6.00. The second kappa shape index (κ2) is 5.61. The minimum atomic E-state index is -0.0905. The number of amides is 1. The number of nitriles is 1. The summed E-state index contributed by atoms with van der Waals surface area (Å²) < 4.78 is 10.6. The van der Waals surface area contributed by atoms with Crippen LogP contribution in [0.2, 0.25) is 0 Å². The van der Waals surface area contributed by atoms with E-state index in [1.807, 2.05) is 6.07 Å². The molecule has 0 N–H and O–H groups in total. The Bertz CT molecular complexity index is 534. The smallest absolute Gasteiger partial charge is 0.258 e. The number of hydrogen-bond donors (Lipinski definition) is 0. The first-order valence-electron chi connectivity index (χ1n) is 6.13. The van der Waals surface area contributed by atoms with Gasteiger partial charge in [0.25, 0.3) is 5.91 Å². The van der Waals surface area contributed by atoms with Crippen molar-refractivity contribution in [2.45, 2.75) is 12.8 Å². The molecule has 0 saturated carbocycles. The van der Waals surface area contributed by atoms with Gasteiger partial charge in [0, 0.05) is 18.7 Å². The molecule has 0 unspecified atom stereocenters. The normalized spacial score (nSPS) is 13.7. The molecule has 1 amide bonds. The first-order valence-corrected chi connectivity index (χ1v) is 6.13. The number of rotatable bonds is 4. The SMILES string of the molecule is COc1ccc(OC)c2c1CCN(CCC#N)C2=O. The number of fused-ring (bicyclic) bond motifs is 1. The number of ether oxygens (including phenoxy) is 2. The number of benzene rings is 1. The number of carbonyl (C=O) groups is 1. The third kappa shape index (κ3) is 2.34. The first kappa shape index (κ1) is 13.2. The van der Waals surface area contributed by atoms with Crippen LogP contribution in [0.4, 0.5) is 0 Å². The molecular weight excluding hydrogens is 244 g/mol. The van der Waals surface area contributed by atoms with Crippen molar-refractivity contribution in [3.63, 3.8) is 0 Å². The van der Waals surface area contributed by atoms with Gasteiger partial charge in [-0.05, 0) is 18.6 Å². The maximum atomic E-state index is 12.5. The van der Waals surface area contributed by atoms with Crippen molar-refractivity contribution < 1.29 is 14.3 Å². The Balaban J connectivity index is 2.41. The van der Waals surface area contributed by atoms with Crippen molar-refractivity contribution in [1.29, 1.82) is 5.26 Å². The van der Waals surface area contributed by atoms with E-state index in [-0.39, 0.29) is 5.91 Å². The molecule has 0 fully saturated rings. The predicted molar refractivity (Wildman–Crippen MR) is 69.4 cm³/mol. The van der Waals surface area contributed by atoms with Crippen molar-refractivity contribution in [2.75, 3.05) is 27.3 Å². The van der Waals surface area contributed by atoms with Crippen LogP contribution in [0.1, 0.15) is 22.3 Å². The summed E-state index contributed by atoms with van der Waals surface area (Å²) in [5.74, 6) is 1.18. The van der Waals surface area contributed by atoms with E-state index in [1.165, 1.54) is 0 Å². The summed E-state index contributed by atoms with van der Waals surface area (Å²) in [5, 5.41) is 8.63. The minimum Gasteiger partial charge on any atom is -0.496 e. The number of hydrogen-bond acceptors (Lipinski definition) is 4. The van der Waals surface area contributed by atoms with E-state index in [9.17, 15) is 4.79 Å². The van der Waals surface area contributed by atoms with Crippen molar-refractivity contribution in [2.24, 2.45) is 0 Å². The molecule has 1 aliphatic heterocycles. The molecular formula is C14H16N2O3. The lowest BCUT2D eigenvalue weighted by atomic mass is 9.96. The molecule has 0 bridgehead atoms. The molecule has 0 radical (unpaired) electrons. The number of nitrogens with zero attached hydrogens (tertiary/aromatic N) is 2. The van der Waals surface area contributed by atoms with Gasteiger partial charge in [0.05, 0.1) is 32.3 Å². The van der Waals surface area contributed by atoms with Crippen LogP contribution in [-0.2, 0) is 6.42 Å². The third-order valence-corrected chi connectivity index (χ3v) is 3.30. The molecule has 5 nitrogen and oxygen atoms in total. The molecule has 1 aromatic rings. The summed E-state index contributed by atoms with van der Waals surface area (Å²) in [6.45, 7) is 1.06. The van der Waals surface area contributed by atoms with Gasteiger partial charge in [-0.25, -0.2) is 0 Å². The summed E-state index contributed by atoms with van der Waals surface area (Å²) in [6, 6.07) is 5.62. The van der Waals surface area contributed by atoms with Crippen LogP contribution in [0, 0.1) is 11.3 Å². The van der Waals surface area contributed by atoms with Crippen LogP contribution < -0.4 is 9.47 Å². The van der Waals surface area contributed by atoms with Gasteiger partial charge >= 0.3 is 0 Å². The van der Waals surface area contributed by atoms with Crippen molar-refractivity contribution in [3.8, 4) is 17.6 Å². The molecule has 19 heavy (non-hydrogen) atoms. The molecule has 0 aromatic heterocycles. The van der Waals surface area contributed by atoms with Crippen molar-refractivity contribution >= 4 is 5.91 Å². The van der Waals surface area contributed by atoms with Crippen LogP contribution in [0.25, 0.3) is 0 Å². The zero-order valence-electron chi connectivity index (χ0n) is 11.1. The maximum Gasteiger partial charge on any atom is 0.258 e. The first-order chi connectivity index (χ1) is 9.22. The average molecular weight is 260 g/mol. The van der Waals surface area contributed by atoms with E-state index in [2.05, 4.69) is 6.07 Å². The van der Waals surface area contributed by atoms with Crippen molar-refractivity contribution in [1.82, 2.24) is 4.90 Å². The molecule has 0 saturated heterocycles. The van der Waals surface area contributed by atoms with Crippen LogP contribution in [0.5, 0.6) is 11.5 Å². The van der Waals surface area contributed by atoms with E-state index in [1.54, 1.807) is 25.2 Å². The summed E-state index contributed by atoms with van der Waals surface area (Å²) >= 11 is 0. The highest BCUT2D eigenvalue weighted by Gasteiger charge is 2.29. The van der Waals surface area contributed by atoms with Gasteiger partial charge in [0.1, 0.15) is 11.5 Å². The molecule has 0 spiro atoms. The van der Waals surface area contributed by atoms with Gasteiger partial charge in [0.15, 0.2) is 0 Å². The fourth-order valence-corrected chi connectivity index (χ4v) is 2.36. The van der Waals surface area contributed by atoms with Gasteiger partial charge in [0.2, 0.25) is 0 Å². The van der Waals surface area contributed by atoms with Crippen LogP contribution in [-0.4, -0.2) is 38.1 Å². The van der Waals surface area contributed by atoms with E-state index < -0.39 is 0 Å². The topological polar surface area (TPSA) is 62.6 Å². The zero-order valence-corrected chi connectivity index (χ0v) is 11.1. The predicted octanol–water partition coefficient (Wildman–Crippen LogP) is 1.62. The Morgan fingerprint density at radius 2 is 2.00 bits per heavy atom. The summed E-state index contributed by atoms with van der Waals surface area (Å²) in [6.07, 6.45) is 1.06. The highest BCUT2D eigenvalue weighted by atomic mass is 16.5. The second-order valence-corrected chi connectivity index (χ2v) is 4.27. The molecule has 2 rings (SSSR count). The second-order valence-electron chi connectivity index (χ2n) is 4.27. The van der Waals surface area contributed by atoms with Crippen LogP contribution in [0.15, 0.2) is 12.1 Å². The lowest BCUT2D eigenvalue weighted by Gasteiger charge is -2.29. The fraction of sp³-hybridized carbons (Fsp3) is 0.429. The van der Waals surface area contributed by atoms with Crippen LogP contribution in [0.3, 0.4) is 0 Å². The highest BCUT2D eigenvalue weighted by Crippen LogP contribution is 2.34. The third-order valence-electron chi connectivity index (χ3n) is 3.30. The molecule has 1 aliphatic rings. The maximum absolute atomic E-state index is 12.5. The molecule has 5 heteroatoms. The van der Waals surface area contributed by atoms with Gasteiger partial charge in [-0.3, -0.25) is 4.79 Å². The molecule has 1 aromatic carbocycles. The largest absolute Gasteiger partial charge is 0.496 e. The van der Waals surface area contributed by atoms with Gasteiger partial charge in [-0.1, -0.05) is 0 Å². The number of carbonyl (C=O) groups excluding carboxylic acids is 1. The molecule has 0 atom stereocenters. The van der Waals surface area contributed by atoms with Gasteiger partial charge in [-0.2, -0.15) is 5.26 Å². The molecule has 100 valence electrons. The van der Waals surface area contributed by atoms with Gasteiger partial charge in [-0.15, -0.1) is 0 Å². The Hall–Kier alpha value is -2.22. The summed E-state index contributed by atoms with van der Waals surface area (Å²) in [5.41, 5.74) is 1.45. The Morgan fingerprint density at radius 1 is 1.32 bits per heavy atom. The van der Waals surface area contributed by atoms with E-state index in [0.717, 1.165) is 5.56 Å². The molecule has 1 heterocycles. The van der Waals surface area contributed by atoms with E-state index in [4.69, 9.17) is 14.7 Å². The summed E-state index contributed by atoms with van der Waals surface area (Å²) in [4.78, 5) is 14.1. The summed E-state index contributed by atoms with van der Waals surface area (Å²) in [7, 11) is 3.14. The Morgan fingerprint density at radius 3 is 2.63 bits per heavy atom. The lowest BCUT2D eigenvalue weighted by molar-refractivity contribution is 0.0738. The average Bonchev–Trinajstić information content (AvgIpc) is 2.45. The number of methoxy groups -OCH3 is 2. The Labute approximate surface area is 112 Å². The lowest BCUT2D eigenvalue weighted by Crippen LogP contribution is -2.38. The quantitative estimate of drug-likeness (QED) is 0.825. The minimum absolute atomic E-state index is 0.0905. The standard InChI is InChI=1S/C14H16N2O3/c1-18-11-4-5-12(19-2)13-10(11)6-9-16(14(13)17)8-3-7-15/h4-5H,3,6,8-9H2,1-2H3. The monoisotopic (exact) mass is 260 g/mol. The van der Waals surface area contributed by atoms with Crippen molar-refractivity contribution in [3.05, 3.63) is 23.3 Å². The zero-order chi connectivity index (χ0) is 13.8. The van der Waals surface area contributed by atoms with E-state index in [0.29, 0.717) is 43.0 Å². The van der Waals surface area contributed by atoms with Gasteiger partial charge < -0.3 is 14.4 Å². The fourth-order valence-electron chi connectivity index (χ4n) is 2.36.